The molecule has 0 saturated carbocycles. The molecule has 0 bridgehead atoms. The van der Waals surface area contributed by atoms with Gasteiger partial charge < -0.3 is 15.1 Å². The van der Waals surface area contributed by atoms with E-state index in [2.05, 4.69) is 0 Å². The second-order valence-corrected chi connectivity index (χ2v) is 8.11. The molecule has 0 aliphatic heterocycles. The van der Waals surface area contributed by atoms with Gasteiger partial charge in [-0.05, 0) is 42.5 Å². The van der Waals surface area contributed by atoms with E-state index in [4.69, 9.17) is 10.2 Å². The van der Waals surface area contributed by atoms with E-state index in [1.165, 1.54) is 48.5 Å². The van der Waals surface area contributed by atoms with Gasteiger partial charge in [-0.1, -0.05) is 18.2 Å². The maximum Gasteiger partial charge on any atom is 0.294 e. The van der Waals surface area contributed by atoms with E-state index in [0.717, 1.165) is 0 Å². The minimum atomic E-state index is -3.63. The summed E-state index contributed by atoms with van der Waals surface area (Å²) in [6, 6.07) is 15.6. The second-order valence-electron chi connectivity index (χ2n) is 6.12. The Balaban J connectivity index is 1.84. The molecule has 1 heterocycles. The first-order valence-corrected chi connectivity index (χ1v) is 9.97. The smallest absolute Gasteiger partial charge is 0.294 e. The molecule has 0 atom stereocenters. The molecule has 0 aliphatic rings. The van der Waals surface area contributed by atoms with Crippen molar-refractivity contribution in [2.24, 2.45) is 5.73 Å². The van der Waals surface area contributed by atoms with Crippen molar-refractivity contribution in [3.05, 3.63) is 83.8 Å². The van der Waals surface area contributed by atoms with Crippen LogP contribution in [0.3, 0.4) is 0 Å². The van der Waals surface area contributed by atoms with E-state index >= 15 is 0 Å². The minimum absolute atomic E-state index is 0.0546. The van der Waals surface area contributed by atoms with Gasteiger partial charge in [0, 0.05) is 23.9 Å². The highest BCUT2D eigenvalue weighted by Crippen LogP contribution is 2.23. The molecule has 2 aromatic carbocycles. The summed E-state index contributed by atoms with van der Waals surface area (Å²) < 4.78 is 30.5. The Labute approximate surface area is 162 Å². The van der Waals surface area contributed by atoms with E-state index in [-0.39, 0.29) is 22.0 Å². The third kappa shape index (κ3) is 3.96. The lowest BCUT2D eigenvalue weighted by Gasteiger charge is -2.17. The fraction of sp³-hybridized carbons (Fsp3) is 0.100. The van der Waals surface area contributed by atoms with E-state index in [1.807, 2.05) is 0 Å². The van der Waals surface area contributed by atoms with Crippen LogP contribution in [0.2, 0.25) is 0 Å². The largest absolute Gasteiger partial charge is 0.459 e. The number of primary amides is 1. The normalized spacial score (nSPS) is 11.2. The number of sulfone groups is 1. The number of benzene rings is 2. The first-order chi connectivity index (χ1) is 13.3. The lowest BCUT2D eigenvalue weighted by atomic mass is 10.2. The molecule has 3 rings (SSSR count). The summed E-state index contributed by atoms with van der Waals surface area (Å²) in [7, 11) is -2.10. The molecule has 144 valence electrons. The van der Waals surface area contributed by atoms with Gasteiger partial charge in [0.1, 0.15) is 0 Å². The van der Waals surface area contributed by atoms with Gasteiger partial charge in [0.25, 0.3) is 5.91 Å². The van der Waals surface area contributed by atoms with Gasteiger partial charge in [-0.15, -0.1) is 0 Å². The van der Waals surface area contributed by atoms with Crippen LogP contribution >= 0.6 is 0 Å². The van der Waals surface area contributed by atoms with E-state index < -0.39 is 21.7 Å². The molecule has 0 fully saturated rings. The molecule has 2 amide bonds. The van der Waals surface area contributed by atoms with Crippen molar-refractivity contribution in [1.82, 2.24) is 0 Å². The maximum absolute atomic E-state index is 12.8. The molecule has 8 heteroatoms. The third-order valence-corrected chi connectivity index (χ3v) is 5.91. The van der Waals surface area contributed by atoms with Gasteiger partial charge in [-0.3, -0.25) is 9.59 Å². The van der Waals surface area contributed by atoms with Crippen molar-refractivity contribution in [3.8, 4) is 0 Å². The van der Waals surface area contributed by atoms with Gasteiger partial charge in [0.05, 0.1) is 16.9 Å². The zero-order valence-corrected chi connectivity index (χ0v) is 15.8. The zero-order chi connectivity index (χ0) is 20.3. The van der Waals surface area contributed by atoms with Gasteiger partial charge in [-0.2, -0.15) is 0 Å². The summed E-state index contributed by atoms with van der Waals surface area (Å²) in [5.41, 5.74) is 6.30. The first kappa shape index (κ1) is 19.4. The van der Waals surface area contributed by atoms with E-state index in [0.29, 0.717) is 11.3 Å². The number of anilines is 1. The average molecular weight is 398 g/mol. The number of hydrogen-bond acceptors (Lipinski definition) is 5. The summed E-state index contributed by atoms with van der Waals surface area (Å²) >= 11 is 0. The topological polar surface area (TPSA) is 111 Å². The van der Waals surface area contributed by atoms with Gasteiger partial charge >= 0.3 is 0 Å². The number of nitrogens with zero attached hydrogens (tertiary/aromatic N) is 1. The second kappa shape index (κ2) is 7.69. The van der Waals surface area contributed by atoms with Crippen LogP contribution in [0, 0.1) is 0 Å². The van der Waals surface area contributed by atoms with Gasteiger partial charge in [0.2, 0.25) is 5.91 Å². The predicted molar refractivity (Wildman–Crippen MR) is 104 cm³/mol. The van der Waals surface area contributed by atoms with Gasteiger partial charge in [0.15, 0.2) is 15.6 Å². The first-order valence-electron chi connectivity index (χ1n) is 8.31. The Morgan fingerprint density at radius 3 is 2.25 bits per heavy atom. The van der Waals surface area contributed by atoms with Crippen LogP contribution in [0.25, 0.3) is 0 Å². The standard InChI is InChI=1S/C20H18N2O5S/c1-22(16-9-7-14(8-10-16)19(21)23)20(24)18-15(11-12-27-18)13-28(25,26)17-5-3-2-4-6-17/h2-12H,13H2,1H3,(H2,21,23). The van der Waals surface area contributed by atoms with E-state index in [9.17, 15) is 18.0 Å². The van der Waals surface area contributed by atoms with Gasteiger partial charge in [-0.25, -0.2) is 8.42 Å². The average Bonchev–Trinajstić information content (AvgIpc) is 3.15. The molecule has 0 radical (unpaired) electrons. The Morgan fingerprint density at radius 2 is 1.64 bits per heavy atom. The van der Waals surface area contributed by atoms with E-state index in [1.54, 1.807) is 30.3 Å². The maximum atomic E-state index is 12.8. The van der Waals surface area contributed by atoms with Crippen molar-refractivity contribution in [2.45, 2.75) is 10.6 Å². The number of nitrogens with two attached hydrogens (primary N) is 1. The van der Waals surface area contributed by atoms with Crippen LogP contribution in [0.4, 0.5) is 5.69 Å². The number of rotatable bonds is 6. The Hall–Kier alpha value is -3.39. The lowest BCUT2D eigenvalue weighted by Crippen LogP contribution is -2.27. The molecular weight excluding hydrogens is 380 g/mol. The molecule has 1 aromatic heterocycles. The molecule has 2 N–H and O–H groups in total. The summed E-state index contributed by atoms with van der Waals surface area (Å²) in [5, 5.41) is 0. The summed E-state index contributed by atoms with van der Waals surface area (Å²) in [6.45, 7) is 0. The highest BCUT2D eigenvalue weighted by Gasteiger charge is 2.25. The van der Waals surface area contributed by atoms with Crippen LogP contribution < -0.4 is 10.6 Å². The number of carbonyl (C=O) groups excluding carboxylic acids is 2. The molecular formula is C20H18N2O5S. The third-order valence-electron chi connectivity index (χ3n) is 4.23. The van der Waals surface area contributed by atoms with Crippen molar-refractivity contribution in [2.75, 3.05) is 11.9 Å². The van der Waals surface area contributed by atoms with Crippen LogP contribution in [-0.4, -0.2) is 27.3 Å². The van der Waals surface area contributed by atoms with Crippen molar-refractivity contribution in [3.63, 3.8) is 0 Å². The van der Waals surface area contributed by atoms with Crippen molar-refractivity contribution < 1.29 is 22.4 Å². The molecule has 0 saturated heterocycles. The Kier molecular flexibility index (Phi) is 5.32. The number of carbonyl (C=O) groups is 2. The van der Waals surface area contributed by atoms with Crippen molar-refractivity contribution >= 4 is 27.3 Å². The molecule has 7 nitrogen and oxygen atoms in total. The molecule has 0 unspecified atom stereocenters. The minimum Gasteiger partial charge on any atom is -0.459 e. The predicted octanol–water partition coefficient (Wildman–Crippen LogP) is 2.63. The monoisotopic (exact) mass is 398 g/mol. The van der Waals surface area contributed by atoms with Crippen LogP contribution in [0.1, 0.15) is 26.5 Å². The zero-order valence-electron chi connectivity index (χ0n) is 15.0. The highest BCUT2D eigenvalue weighted by atomic mass is 32.2. The van der Waals surface area contributed by atoms with Crippen LogP contribution in [0.15, 0.2) is 76.2 Å². The number of furan rings is 1. The summed E-state index contributed by atoms with van der Waals surface area (Å²) in [4.78, 5) is 25.5. The Morgan fingerprint density at radius 1 is 1.00 bits per heavy atom. The van der Waals surface area contributed by atoms with Crippen molar-refractivity contribution in [1.29, 1.82) is 0 Å². The quantitative estimate of drug-likeness (QED) is 0.686. The summed E-state index contributed by atoms with van der Waals surface area (Å²) in [6.07, 6.45) is 1.28. The molecule has 28 heavy (non-hydrogen) atoms. The molecule has 0 aliphatic carbocycles. The fourth-order valence-electron chi connectivity index (χ4n) is 2.67. The summed E-state index contributed by atoms with van der Waals surface area (Å²) in [5.74, 6) is -1.49. The SMILES string of the molecule is CN(C(=O)c1occc1CS(=O)(=O)c1ccccc1)c1ccc(C(N)=O)cc1. The molecule has 0 spiro atoms. The highest BCUT2D eigenvalue weighted by molar-refractivity contribution is 7.90. The number of amides is 2. The number of hydrogen-bond donors (Lipinski definition) is 1. The lowest BCUT2D eigenvalue weighted by molar-refractivity contribution is 0.0964. The fourth-order valence-corrected chi connectivity index (χ4v) is 4.05. The Bertz CT molecular complexity index is 1100. The van der Waals surface area contributed by atoms with Crippen LogP contribution in [0.5, 0.6) is 0 Å². The van der Waals surface area contributed by atoms with Crippen LogP contribution in [-0.2, 0) is 15.6 Å². The molecule has 3 aromatic rings.